The molecule has 3 heterocycles. The van der Waals surface area contributed by atoms with Gasteiger partial charge in [0.2, 0.25) is 11.9 Å². The SMILES string of the molecule is COc1cc(N2CCNCC2)ccc1Nc1ncc(Cl)c(NCc2cccc3c2C(C)(C)C(=O)N3)n1. The summed E-state index contributed by atoms with van der Waals surface area (Å²) < 4.78 is 5.64. The van der Waals surface area contributed by atoms with E-state index in [2.05, 4.69) is 42.2 Å². The second kappa shape index (κ2) is 9.83. The zero-order valence-corrected chi connectivity index (χ0v) is 21.4. The molecule has 2 aliphatic rings. The van der Waals surface area contributed by atoms with Crippen LogP contribution in [0.15, 0.2) is 42.6 Å². The van der Waals surface area contributed by atoms with Gasteiger partial charge in [-0.05, 0) is 43.2 Å². The van der Waals surface area contributed by atoms with E-state index in [1.54, 1.807) is 13.3 Å². The van der Waals surface area contributed by atoms with E-state index >= 15 is 0 Å². The molecule has 1 saturated heterocycles. The minimum Gasteiger partial charge on any atom is -0.494 e. The summed E-state index contributed by atoms with van der Waals surface area (Å²) in [5, 5.41) is 13.3. The van der Waals surface area contributed by atoms with Crippen LogP contribution in [-0.2, 0) is 16.8 Å². The maximum atomic E-state index is 12.4. The van der Waals surface area contributed by atoms with Gasteiger partial charge in [0, 0.05) is 50.2 Å². The number of carbonyl (C=O) groups excluding carboxylic acids is 1. The number of anilines is 5. The number of halogens is 1. The van der Waals surface area contributed by atoms with Gasteiger partial charge in [0.05, 0.1) is 24.4 Å². The molecule has 5 rings (SSSR count). The van der Waals surface area contributed by atoms with Crippen molar-refractivity contribution in [3.63, 3.8) is 0 Å². The second-order valence-electron chi connectivity index (χ2n) is 9.41. The molecule has 0 unspecified atom stereocenters. The molecule has 0 radical (unpaired) electrons. The Hall–Kier alpha value is -3.56. The Labute approximate surface area is 215 Å². The van der Waals surface area contributed by atoms with Crippen LogP contribution >= 0.6 is 11.6 Å². The number of fused-ring (bicyclic) bond motifs is 1. The number of hydrogen-bond acceptors (Lipinski definition) is 8. The van der Waals surface area contributed by atoms with Gasteiger partial charge in [-0.15, -0.1) is 0 Å². The predicted molar refractivity (Wildman–Crippen MR) is 144 cm³/mol. The lowest BCUT2D eigenvalue weighted by Gasteiger charge is -2.30. The molecule has 0 aliphatic carbocycles. The van der Waals surface area contributed by atoms with E-state index in [4.69, 9.17) is 16.3 Å². The zero-order chi connectivity index (χ0) is 25.3. The van der Waals surface area contributed by atoms with Crippen LogP contribution in [0.5, 0.6) is 5.75 Å². The maximum absolute atomic E-state index is 12.4. The molecule has 2 aromatic carbocycles. The summed E-state index contributed by atoms with van der Waals surface area (Å²) in [4.78, 5) is 23.7. The molecule has 4 N–H and O–H groups in total. The third-order valence-corrected chi connectivity index (χ3v) is 6.97. The number of amides is 1. The van der Waals surface area contributed by atoms with Crippen molar-refractivity contribution < 1.29 is 9.53 Å². The Kier molecular flexibility index (Phi) is 6.59. The summed E-state index contributed by atoms with van der Waals surface area (Å²) in [6.45, 7) is 8.16. The number of piperazine rings is 1. The first kappa shape index (κ1) is 24.1. The highest BCUT2D eigenvalue weighted by Crippen LogP contribution is 2.40. The molecular formula is C26H30ClN7O2. The third-order valence-electron chi connectivity index (χ3n) is 6.70. The molecule has 36 heavy (non-hydrogen) atoms. The zero-order valence-electron chi connectivity index (χ0n) is 20.6. The standard InChI is InChI=1S/C26H30ClN7O2/c1-26(2)22-16(5-4-6-20(22)31-24(26)35)14-29-23-18(27)15-30-25(33-23)32-19-8-7-17(13-21(19)36-3)34-11-9-28-10-12-34/h4-8,13,15,28H,9-12,14H2,1-3H3,(H,31,35)(H2,29,30,32,33). The summed E-state index contributed by atoms with van der Waals surface area (Å²) >= 11 is 6.41. The fourth-order valence-electron chi connectivity index (χ4n) is 4.74. The first-order chi connectivity index (χ1) is 17.4. The molecule has 0 bridgehead atoms. The third kappa shape index (κ3) is 4.64. The largest absolute Gasteiger partial charge is 0.494 e. The van der Waals surface area contributed by atoms with Gasteiger partial charge in [-0.25, -0.2) is 4.98 Å². The fourth-order valence-corrected chi connectivity index (χ4v) is 4.89. The Balaban J connectivity index is 1.34. The molecule has 0 spiro atoms. The van der Waals surface area contributed by atoms with Crippen LogP contribution in [0, 0.1) is 0 Å². The van der Waals surface area contributed by atoms with Gasteiger partial charge in [0.15, 0.2) is 5.82 Å². The smallest absolute Gasteiger partial charge is 0.234 e. The van der Waals surface area contributed by atoms with Crippen LogP contribution in [0.25, 0.3) is 0 Å². The van der Waals surface area contributed by atoms with Gasteiger partial charge in [0.1, 0.15) is 10.8 Å². The van der Waals surface area contributed by atoms with E-state index in [1.165, 1.54) is 0 Å². The first-order valence-electron chi connectivity index (χ1n) is 12.0. The molecule has 188 valence electrons. The molecule has 2 aliphatic heterocycles. The lowest BCUT2D eigenvalue weighted by Crippen LogP contribution is -2.43. The number of aromatic nitrogens is 2. The van der Waals surface area contributed by atoms with Crippen molar-refractivity contribution in [1.29, 1.82) is 0 Å². The highest BCUT2D eigenvalue weighted by Gasteiger charge is 2.39. The normalized spacial score (nSPS) is 16.3. The minimum atomic E-state index is -0.608. The molecule has 9 nitrogen and oxygen atoms in total. The van der Waals surface area contributed by atoms with Crippen molar-refractivity contribution in [2.75, 3.05) is 54.1 Å². The summed E-state index contributed by atoms with van der Waals surface area (Å²) in [5.74, 6) is 1.59. The van der Waals surface area contributed by atoms with E-state index in [0.717, 1.165) is 54.4 Å². The first-order valence-corrected chi connectivity index (χ1v) is 12.4. The number of hydrogen-bond donors (Lipinski definition) is 4. The van der Waals surface area contributed by atoms with Gasteiger partial charge < -0.3 is 30.9 Å². The highest BCUT2D eigenvalue weighted by atomic mass is 35.5. The Morgan fingerprint density at radius 1 is 1.19 bits per heavy atom. The van der Waals surface area contributed by atoms with E-state index in [1.807, 2.05) is 44.2 Å². The van der Waals surface area contributed by atoms with Crippen molar-refractivity contribution in [2.24, 2.45) is 0 Å². The summed E-state index contributed by atoms with van der Waals surface area (Å²) in [5.41, 5.74) is 4.10. The quantitative estimate of drug-likeness (QED) is 0.378. The maximum Gasteiger partial charge on any atom is 0.234 e. The van der Waals surface area contributed by atoms with Gasteiger partial charge in [-0.1, -0.05) is 23.7 Å². The highest BCUT2D eigenvalue weighted by molar-refractivity contribution is 6.32. The Bertz CT molecular complexity index is 1290. The molecule has 3 aromatic rings. The molecule has 1 amide bonds. The van der Waals surface area contributed by atoms with Gasteiger partial charge in [0.25, 0.3) is 0 Å². The number of ether oxygens (including phenoxy) is 1. The molecule has 1 aromatic heterocycles. The summed E-state index contributed by atoms with van der Waals surface area (Å²) in [7, 11) is 1.65. The molecule has 10 heteroatoms. The van der Waals surface area contributed by atoms with E-state index < -0.39 is 5.41 Å². The topological polar surface area (TPSA) is 103 Å². The number of methoxy groups -OCH3 is 1. The van der Waals surface area contributed by atoms with Gasteiger partial charge in [-0.2, -0.15) is 4.98 Å². The number of nitrogens with one attached hydrogen (secondary N) is 4. The van der Waals surface area contributed by atoms with E-state index in [9.17, 15) is 4.79 Å². The van der Waals surface area contributed by atoms with Crippen molar-refractivity contribution in [3.8, 4) is 5.75 Å². The molecule has 0 atom stereocenters. The Morgan fingerprint density at radius 3 is 2.78 bits per heavy atom. The lowest BCUT2D eigenvalue weighted by molar-refractivity contribution is -0.119. The van der Waals surface area contributed by atoms with Crippen molar-refractivity contribution in [3.05, 3.63) is 58.7 Å². The molecule has 1 fully saturated rings. The van der Waals surface area contributed by atoms with Crippen LogP contribution in [0.3, 0.4) is 0 Å². The summed E-state index contributed by atoms with van der Waals surface area (Å²) in [6.07, 6.45) is 1.56. The van der Waals surface area contributed by atoms with Gasteiger partial charge >= 0.3 is 0 Å². The minimum absolute atomic E-state index is 0.00609. The number of benzene rings is 2. The second-order valence-corrected chi connectivity index (χ2v) is 9.82. The average molecular weight is 508 g/mol. The van der Waals surface area contributed by atoms with Crippen molar-refractivity contribution in [2.45, 2.75) is 25.8 Å². The van der Waals surface area contributed by atoms with Crippen LogP contribution in [-0.4, -0.2) is 49.2 Å². The fraction of sp³-hybridized carbons (Fsp3) is 0.346. The average Bonchev–Trinajstić information content (AvgIpc) is 3.13. The molecular weight excluding hydrogens is 478 g/mol. The monoisotopic (exact) mass is 507 g/mol. The van der Waals surface area contributed by atoms with Crippen LogP contribution < -0.4 is 30.9 Å². The van der Waals surface area contributed by atoms with E-state index in [-0.39, 0.29) is 5.91 Å². The lowest BCUT2D eigenvalue weighted by atomic mass is 9.83. The van der Waals surface area contributed by atoms with E-state index in [0.29, 0.717) is 29.1 Å². The molecule has 0 saturated carbocycles. The summed E-state index contributed by atoms with van der Waals surface area (Å²) in [6, 6.07) is 11.9. The predicted octanol–water partition coefficient (Wildman–Crippen LogP) is 4.13. The Morgan fingerprint density at radius 2 is 2.00 bits per heavy atom. The number of nitrogens with zero attached hydrogens (tertiary/aromatic N) is 3. The number of rotatable bonds is 7. The van der Waals surface area contributed by atoms with Crippen molar-refractivity contribution >= 4 is 46.3 Å². The van der Waals surface area contributed by atoms with Crippen LogP contribution in [0.4, 0.5) is 28.8 Å². The van der Waals surface area contributed by atoms with Crippen LogP contribution in [0.2, 0.25) is 5.02 Å². The number of carbonyl (C=O) groups is 1. The van der Waals surface area contributed by atoms with Gasteiger partial charge in [-0.3, -0.25) is 4.79 Å². The van der Waals surface area contributed by atoms with Crippen LogP contribution in [0.1, 0.15) is 25.0 Å². The van der Waals surface area contributed by atoms with Crippen molar-refractivity contribution in [1.82, 2.24) is 15.3 Å².